The second-order valence-electron chi connectivity index (χ2n) is 6.74. The van der Waals surface area contributed by atoms with Crippen molar-refractivity contribution < 1.29 is 27.1 Å². The summed E-state index contributed by atoms with van der Waals surface area (Å²) in [4.78, 5) is 14.0. The molecule has 1 N–H and O–H groups in total. The van der Waals surface area contributed by atoms with E-state index in [1.165, 1.54) is 26.4 Å². The van der Waals surface area contributed by atoms with Crippen LogP contribution in [0, 0.1) is 0 Å². The zero-order chi connectivity index (χ0) is 22.0. The van der Waals surface area contributed by atoms with E-state index >= 15 is 0 Å². The third-order valence-electron chi connectivity index (χ3n) is 4.74. The van der Waals surface area contributed by atoms with Gasteiger partial charge in [0.05, 0.1) is 25.5 Å². The van der Waals surface area contributed by atoms with E-state index in [2.05, 4.69) is 14.9 Å². The number of sulfonamides is 1. The van der Waals surface area contributed by atoms with Crippen LogP contribution in [-0.2, 0) is 10.0 Å². The Bertz CT molecular complexity index is 1200. The highest BCUT2D eigenvalue weighted by molar-refractivity contribution is 7.94. The predicted molar refractivity (Wildman–Crippen MR) is 113 cm³/mol. The largest absolute Gasteiger partial charge is 0.497 e. The molecule has 1 saturated heterocycles. The van der Waals surface area contributed by atoms with Crippen molar-refractivity contribution in [3.63, 3.8) is 0 Å². The zero-order valence-electron chi connectivity index (χ0n) is 16.8. The summed E-state index contributed by atoms with van der Waals surface area (Å²) in [5.74, 6) is 0.492. The number of hydrogen-bond acceptors (Lipinski definition) is 9. The summed E-state index contributed by atoms with van der Waals surface area (Å²) < 4.78 is 44.2. The Labute approximate surface area is 182 Å². The molecule has 3 heterocycles. The molecule has 31 heavy (non-hydrogen) atoms. The SMILES string of the molecule is COc1ccc(OC)c(NS(=O)(=O)c2cc(-c3nnc(C(=O)N4CCCC4)o3)cs2)c1. The molecule has 10 nitrogen and oxygen atoms in total. The van der Waals surface area contributed by atoms with E-state index in [0.717, 1.165) is 24.2 Å². The summed E-state index contributed by atoms with van der Waals surface area (Å²) in [6.45, 7) is 1.33. The van der Waals surface area contributed by atoms with Crippen LogP contribution in [0.4, 0.5) is 5.69 Å². The molecule has 0 unspecified atom stereocenters. The fraction of sp³-hybridized carbons (Fsp3) is 0.316. The van der Waals surface area contributed by atoms with Gasteiger partial charge in [-0.25, -0.2) is 8.42 Å². The van der Waals surface area contributed by atoms with Gasteiger partial charge >= 0.3 is 11.8 Å². The Morgan fingerprint density at radius 3 is 2.65 bits per heavy atom. The lowest BCUT2D eigenvalue weighted by molar-refractivity contribution is 0.0754. The molecule has 2 aromatic heterocycles. The normalized spacial score (nSPS) is 13.9. The number of benzene rings is 1. The molecule has 1 aliphatic heterocycles. The van der Waals surface area contributed by atoms with Gasteiger partial charge in [-0.1, -0.05) is 0 Å². The van der Waals surface area contributed by atoms with Gasteiger partial charge < -0.3 is 18.8 Å². The molecule has 1 aliphatic rings. The first kappa shape index (κ1) is 21.1. The van der Waals surface area contributed by atoms with E-state index in [1.54, 1.807) is 22.4 Å². The minimum absolute atomic E-state index is 0.0398. The van der Waals surface area contributed by atoms with Crippen molar-refractivity contribution in [3.8, 4) is 23.0 Å². The van der Waals surface area contributed by atoms with Crippen LogP contribution >= 0.6 is 11.3 Å². The second kappa shape index (κ2) is 8.55. The number of nitrogens with one attached hydrogen (secondary N) is 1. The van der Waals surface area contributed by atoms with Crippen molar-refractivity contribution in [2.75, 3.05) is 32.0 Å². The highest BCUT2D eigenvalue weighted by atomic mass is 32.2. The van der Waals surface area contributed by atoms with E-state index in [4.69, 9.17) is 13.9 Å². The lowest BCUT2D eigenvalue weighted by atomic mass is 10.3. The maximum Gasteiger partial charge on any atom is 0.311 e. The van der Waals surface area contributed by atoms with E-state index in [1.807, 2.05) is 0 Å². The number of ether oxygens (including phenoxy) is 2. The second-order valence-corrected chi connectivity index (χ2v) is 9.56. The summed E-state index contributed by atoms with van der Waals surface area (Å²) in [6.07, 6.45) is 1.90. The number of amides is 1. The van der Waals surface area contributed by atoms with Crippen LogP contribution < -0.4 is 14.2 Å². The maximum absolute atomic E-state index is 12.9. The first-order chi connectivity index (χ1) is 14.9. The van der Waals surface area contributed by atoms with Gasteiger partial charge in [0.2, 0.25) is 5.89 Å². The molecule has 12 heteroatoms. The average Bonchev–Trinajstić information content (AvgIpc) is 3.54. The van der Waals surface area contributed by atoms with Crippen molar-refractivity contribution in [2.24, 2.45) is 0 Å². The van der Waals surface area contributed by atoms with Gasteiger partial charge in [0.1, 0.15) is 15.7 Å². The molecule has 0 aliphatic carbocycles. The van der Waals surface area contributed by atoms with Crippen molar-refractivity contribution in [1.82, 2.24) is 15.1 Å². The quantitative estimate of drug-likeness (QED) is 0.566. The monoisotopic (exact) mass is 464 g/mol. The topological polar surface area (TPSA) is 124 Å². The molecule has 1 fully saturated rings. The Morgan fingerprint density at radius 2 is 1.94 bits per heavy atom. The van der Waals surface area contributed by atoms with Crippen LogP contribution in [0.3, 0.4) is 0 Å². The third-order valence-corrected chi connectivity index (χ3v) is 7.54. The summed E-state index contributed by atoms with van der Waals surface area (Å²) in [6, 6.07) is 6.21. The fourth-order valence-electron chi connectivity index (χ4n) is 3.14. The molecule has 4 rings (SSSR count). The average molecular weight is 465 g/mol. The molecular weight excluding hydrogens is 444 g/mol. The molecular formula is C19H20N4O6S2. The molecule has 0 radical (unpaired) electrons. The number of rotatable bonds is 7. The van der Waals surface area contributed by atoms with Crippen LogP contribution in [0.5, 0.6) is 11.5 Å². The zero-order valence-corrected chi connectivity index (χ0v) is 18.5. The van der Waals surface area contributed by atoms with Crippen LogP contribution in [0.1, 0.15) is 23.5 Å². The van der Waals surface area contributed by atoms with Gasteiger partial charge in [0.15, 0.2) is 0 Å². The number of methoxy groups -OCH3 is 2. The van der Waals surface area contributed by atoms with E-state index in [-0.39, 0.29) is 27.6 Å². The van der Waals surface area contributed by atoms with Gasteiger partial charge in [0.25, 0.3) is 10.0 Å². The highest BCUT2D eigenvalue weighted by Gasteiger charge is 2.26. The molecule has 0 bridgehead atoms. The van der Waals surface area contributed by atoms with E-state index in [9.17, 15) is 13.2 Å². The number of thiophene rings is 1. The summed E-state index contributed by atoms with van der Waals surface area (Å²) >= 11 is 0.991. The minimum Gasteiger partial charge on any atom is -0.497 e. The first-order valence-corrected chi connectivity index (χ1v) is 11.7. The fourth-order valence-corrected chi connectivity index (χ4v) is 5.36. The lowest BCUT2D eigenvalue weighted by Gasteiger charge is -2.12. The number of hydrogen-bond donors (Lipinski definition) is 1. The van der Waals surface area contributed by atoms with Gasteiger partial charge in [-0.15, -0.1) is 21.5 Å². The van der Waals surface area contributed by atoms with Gasteiger partial charge in [-0.2, -0.15) is 0 Å². The predicted octanol–water partition coefficient (Wildman–Crippen LogP) is 2.85. The standard InChI is InChI=1S/C19H20N4O6S2/c1-27-13-5-6-15(28-2)14(10-13)22-31(25,26)16-9-12(11-30-16)17-20-21-18(29-17)19(24)23-7-3-4-8-23/h5-6,9-11,22H,3-4,7-8H2,1-2H3. The summed E-state index contributed by atoms with van der Waals surface area (Å²) in [7, 11) is -0.984. The van der Waals surface area contributed by atoms with Crippen LogP contribution in [-0.4, -0.2) is 56.7 Å². The molecule has 164 valence electrons. The van der Waals surface area contributed by atoms with Crippen LogP contribution in [0.15, 0.2) is 38.3 Å². The minimum atomic E-state index is -3.91. The van der Waals surface area contributed by atoms with Crippen molar-refractivity contribution >= 4 is 33.0 Å². The van der Waals surface area contributed by atoms with Crippen molar-refractivity contribution in [2.45, 2.75) is 17.1 Å². The molecule has 1 amide bonds. The van der Waals surface area contributed by atoms with E-state index in [0.29, 0.717) is 30.2 Å². The number of aromatic nitrogens is 2. The maximum atomic E-state index is 12.9. The number of anilines is 1. The number of carbonyl (C=O) groups excluding carboxylic acids is 1. The smallest absolute Gasteiger partial charge is 0.311 e. The molecule has 0 saturated carbocycles. The van der Waals surface area contributed by atoms with Crippen LogP contribution in [0.2, 0.25) is 0 Å². The van der Waals surface area contributed by atoms with Gasteiger partial charge in [0, 0.05) is 24.5 Å². The Hall–Kier alpha value is -3.12. The Balaban J connectivity index is 1.55. The lowest BCUT2D eigenvalue weighted by Crippen LogP contribution is -2.27. The van der Waals surface area contributed by atoms with E-state index < -0.39 is 10.0 Å². The van der Waals surface area contributed by atoms with Crippen molar-refractivity contribution in [3.05, 3.63) is 35.5 Å². The first-order valence-electron chi connectivity index (χ1n) is 9.38. The number of carbonyl (C=O) groups is 1. The van der Waals surface area contributed by atoms with Gasteiger partial charge in [-0.3, -0.25) is 9.52 Å². The summed E-state index contributed by atoms with van der Waals surface area (Å²) in [5, 5.41) is 9.30. The Kier molecular flexibility index (Phi) is 5.83. The Morgan fingerprint density at radius 1 is 1.16 bits per heavy atom. The molecule has 1 aromatic carbocycles. The summed E-state index contributed by atoms with van der Waals surface area (Å²) in [5.41, 5.74) is 0.657. The number of likely N-dealkylation sites (tertiary alicyclic amines) is 1. The van der Waals surface area contributed by atoms with Gasteiger partial charge in [-0.05, 0) is 31.0 Å². The molecule has 0 spiro atoms. The highest BCUT2D eigenvalue weighted by Crippen LogP contribution is 2.33. The van der Waals surface area contributed by atoms with Crippen molar-refractivity contribution in [1.29, 1.82) is 0 Å². The van der Waals surface area contributed by atoms with Crippen LogP contribution in [0.25, 0.3) is 11.5 Å². The molecule has 0 atom stereocenters. The third kappa shape index (κ3) is 4.35. The molecule has 3 aromatic rings. The number of nitrogens with zero attached hydrogens (tertiary/aromatic N) is 3.